The summed E-state index contributed by atoms with van der Waals surface area (Å²) in [7, 11) is 3.27. The highest BCUT2D eigenvalue weighted by Gasteiger charge is 2.24. The third-order valence-corrected chi connectivity index (χ3v) is 10.6. The average molecular weight is 831 g/mol. The lowest BCUT2D eigenvalue weighted by molar-refractivity contribution is 0.196. The van der Waals surface area contributed by atoms with Crippen LogP contribution in [0.3, 0.4) is 0 Å². The van der Waals surface area contributed by atoms with Gasteiger partial charge in [0.25, 0.3) is 11.1 Å². The van der Waals surface area contributed by atoms with Crippen LogP contribution in [0.4, 0.5) is 11.4 Å². The summed E-state index contributed by atoms with van der Waals surface area (Å²) in [6.07, 6.45) is 3.34. The van der Waals surface area contributed by atoms with Gasteiger partial charge in [-0.1, -0.05) is 24.3 Å². The van der Waals surface area contributed by atoms with Crippen LogP contribution in [0.1, 0.15) is 0 Å². The lowest BCUT2D eigenvalue weighted by atomic mass is 10.3. The third kappa shape index (κ3) is 8.86. The molecule has 0 spiro atoms. The normalized spacial score (nSPS) is 15.5. The molecule has 2 aromatic carbocycles. The highest BCUT2D eigenvalue weighted by atomic mass is 79.9. The van der Waals surface area contributed by atoms with Gasteiger partial charge in [0.05, 0.1) is 38.0 Å². The van der Waals surface area contributed by atoms with Gasteiger partial charge in [-0.2, -0.15) is 10.2 Å². The number of para-hydroxylation sites is 4. The number of methoxy groups -OCH3 is 2. The second-order valence-electron chi connectivity index (χ2n) is 12.1. The molecule has 14 nitrogen and oxygen atoms in total. The van der Waals surface area contributed by atoms with E-state index in [1.165, 1.54) is 9.36 Å². The Bertz CT molecular complexity index is 1760. The van der Waals surface area contributed by atoms with E-state index >= 15 is 0 Å². The summed E-state index contributed by atoms with van der Waals surface area (Å²) in [5.41, 5.74) is 0.784. The molecule has 0 atom stereocenters. The van der Waals surface area contributed by atoms with Crippen molar-refractivity contribution in [3.63, 3.8) is 0 Å². The molecule has 0 saturated carbocycles. The molecule has 2 aliphatic rings. The number of benzene rings is 2. The van der Waals surface area contributed by atoms with Crippen molar-refractivity contribution in [3.8, 4) is 23.0 Å². The number of anilines is 2. The van der Waals surface area contributed by atoms with Crippen LogP contribution in [0.5, 0.6) is 23.0 Å². The monoisotopic (exact) mass is 828 g/mol. The molecule has 272 valence electrons. The molecule has 0 bridgehead atoms. The lowest BCUT2D eigenvalue weighted by Gasteiger charge is -2.36. The largest absolute Gasteiger partial charge is 0.493 e. The van der Waals surface area contributed by atoms with Crippen LogP contribution < -0.4 is 39.9 Å². The first-order valence-electron chi connectivity index (χ1n) is 16.8. The minimum Gasteiger partial charge on any atom is -0.493 e. The number of nitrogens with zero attached hydrogens (tertiary/aromatic N) is 8. The maximum atomic E-state index is 13.4. The Morgan fingerprint density at radius 2 is 0.961 bits per heavy atom. The van der Waals surface area contributed by atoms with Gasteiger partial charge in [-0.25, -0.2) is 9.36 Å². The van der Waals surface area contributed by atoms with Gasteiger partial charge >= 0.3 is 0 Å². The van der Waals surface area contributed by atoms with Crippen LogP contribution in [0, 0.1) is 0 Å². The van der Waals surface area contributed by atoms with E-state index in [0.29, 0.717) is 33.7 Å². The maximum Gasteiger partial charge on any atom is 0.284 e. The van der Waals surface area contributed by atoms with Crippen molar-refractivity contribution in [3.05, 3.63) is 90.6 Å². The van der Waals surface area contributed by atoms with E-state index in [4.69, 9.17) is 18.9 Å². The molecule has 2 aliphatic heterocycles. The summed E-state index contributed by atoms with van der Waals surface area (Å²) < 4.78 is 25.9. The first-order valence-corrected chi connectivity index (χ1v) is 18.4. The molecule has 0 N–H and O–H groups in total. The van der Waals surface area contributed by atoms with E-state index in [-0.39, 0.29) is 17.8 Å². The van der Waals surface area contributed by atoms with Crippen molar-refractivity contribution < 1.29 is 18.9 Å². The lowest BCUT2D eigenvalue weighted by Crippen LogP contribution is -2.48. The molecular formula is C35H42Br2N8O6. The van der Waals surface area contributed by atoms with E-state index in [2.05, 4.69) is 61.7 Å². The number of hydrogen-bond donors (Lipinski definition) is 0. The highest BCUT2D eigenvalue weighted by molar-refractivity contribution is 9.11. The van der Waals surface area contributed by atoms with Crippen LogP contribution in [0.15, 0.2) is 79.5 Å². The van der Waals surface area contributed by atoms with Crippen molar-refractivity contribution in [2.45, 2.75) is 6.67 Å². The Morgan fingerprint density at radius 1 is 0.588 bits per heavy atom. The fourth-order valence-corrected chi connectivity index (χ4v) is 7.27. The fraction of sp³-hybridized carbons (Fsp3) is 0.429. The zero-order valence-corrected chi connectivity index (χ0v) is 31.9. The van der Waals surface area contributed by atoms with Crippen LogP contribution in [-0.2, 0) is 6.67 Å². The average Bonchev–Trinajstić information content (AvgIpc) is 3.16. The number of aromatic nitrogens is 4. The third-order valence-electron chi connectivity index (χ3n) is 9.10. The molecule has 51 heavy (non-hydrogen) atoms. The smallest absolute Gasteiger partial charge is 0.284 e. The quantitative estimate of drug-likeness (QED) is 0.186. The van der Waals surface area contributed by atoms with Crippen molar-refractivity contribution in [1.29, 1.82) is 0 Å². The Labute approximate surface area is 313 Å². The molecule has 16 heteroatoms. The Kier molecular flexibility index (Phi) is 12.5. The standard InChI is InChI=1S/C35H42Br2N8O6/c1-48-28-7-3-5-9-30(28)50-21-19-40-11-15-42(16-12-40)26-23-38-44(34(46)32(26)36)25-45-35(47)33(37)27(24-39-45)43-17-13-41(14-18-43)20-22-51-31-10-6-4-8-29(31)49-2/h3-10,23-24H,11-22,25H2,1-2H3. The van der Waals surface area contributed by atoms with Crippen LogP contribution >= 0.6 is 31.9 Å². The molecule has 0 aliphatic carbocycles. The molecule has 6 rings (SSSR count). The van der Waals surface area contributed by atoms with Crippen molar-refractivity contribution in [1.82, 2.24) is 29.4 Å². The number of piperazine rings is 2. The van der Waals surface area contributed by atoms with Gasteiger partial charge in [-0.05, 0) is 56.1 Å². The van der Waals surface area contributed by atoms with Gasteiger partial charge in [0.2, 0.25) is 0 Å². The first kappa shape index (κ1) is 36.7. The number of rotatable bonds is 14. The minimum atomic E-state index is -0.333. The summed E-state index contributed by atoms with van der Waals surface area (Å²) >= 11 is 7.02. The zero-order valence-electron chi connectivity index (χ0n) is 28.7. The Balaban J connectivity index is 0.992. The van der Waals surface area contributed by atoms with Crippen molar-refractivity contribution in [2.24, 2.45) is 0 Å². The van der Waals surface area contributed by atoms with E-state index in [1.807, 2.05) is 48.5 Å². The summed E-state index contributed by atoms with van der Waals surface area (Å²) in [6.45, 7) is 8.74. The van der Waals surface area contributed by atoms with E-state index in [1.54, 1.807) is 26.6 Å². The summed E-state index contributed by atoms with van der Waals surface area (Å²) in [5, 5.41) is 8.82. The van der Waals surface area contributed by atoms with Gasteiger partial charge in [0.1, 0.15) is 28.8 Å². The molecule has 0 unspecified atom stereocenters. The predicted molar refractivity (Wildman–Crippen MR) is 202 cm³/mol. The van der Waals surface area contributed by atoms with Crippen LogP contribution in [0.25, 0.3) is 0 Å². The zero-order chi connectivity index (χ0) is 35.7. The second kappa shape index (κ2) is 17.4. The molecule has 0 amide bonds. The Morgan fingerprint density at radius 3 is 1.33 bits per heavy atom. The van der Waals surface area contributed by atoms with Crippen molar-refractivity contribution in [2.75, 3.05) is 103 Å². The SMILES string of the molecule is COc1ccccc1OCCN1CCN(c2cnn(Cn3ncc(N4CCN(CCOc5ccccc5OC)CC4)c(Br)c3=O)c(=O)c2Br)CC1. The van der Waals surface area contributed by atoms with Gasteiger partial charge in [0, 0.05) is 65.4 Å². The van der Waals surface area contributed by atoms with Gasteiger partial charge < -0.3 is 28.7 Å². The summed E-state index contributed by atoms with van der Waals surface area (Å²) in [6, 6.07) is 15.2. The van der Waals surface area contributed by atoms with E-state index in [9.17, 15) is 9.59 Å². The molecule has 2 saturated heterocycles. The predicted octanol–water partition coefficient (Wildman–Crippen LogP) is 3.25. The second-order valence-corrected chi connectivity index (χ2v) is 13.7. The number of halogens is 2. The van der Waals surface area contributed by atoms with E-state index in [0.717, 1.165) is 88.3 Å². The van der Waals surface area contributed by atoms with Gasteiger partial charge in [0.15, 0.2) is 23.0 Å². The molecule has 2 aromatic heterocycles. The maximum absolute atomic E-state index is 13.4. The van der Waals surface area contributed by atoms with Crippen molar-refractivity contribution >= 4 is 43.2 Å². The highest BCUT2D eigenvalue weighted by Crippen LogP contribution is 2.28. The van der Waals surface area contributed by atoms with Gasteiger partial charge in [-0.15, -0.1) is 0 Å². The molecule has 2 fully saturated rings. The molecule has 4 heterocycles. The van der Waals surface area contributed by atoms with E-state index < -0.39 is 0 Å². The number of hydrogen-bond acceptors (Lipinski definition) is 12. The Hall–Kier alpha value is -4.12. The summed E-state index contributed by atoms with van der Waals surface area (Å²) in [4.78, 5) is 35.7. The minimum absolute atomic E-state index is 0.116. The number of ether oxygens (including phenoxy) is 4. The molecule has 0 radical (unpaired) electrons. The van der Waals surface area contributed by atoms with Gasteiger partial charge in [-0.3, -0.25) is 19.4 Å². The first-order chi connectivity index (χ1) is 24.9. The molecular weight excluding hydrogens is 788 g/mol. The van der Waals surface area contributed by atoms with Crippen LogP contribution in [-0.4, -0.2) is 122 Å². The molecule has 4 aromatic rings. The topological polar surface area (TPSA) is 120 Å². The fourth-order valence-electron chi connectivity index (χ4n) is 6.15. The van der Waals surface area contributed by atoms with Crippen LogP contribution in [0.2, 0.25) is 0 Å². The summed E-state index contributed by atoms with van der Waals surface area (Å²) in [5.74, 6) is 2.89.